The van der Waals surface area contributed by atoms with Gasteiger partial charge in [-0.05, 0) is 24.3 Å². The Morgan fingerprint density at radius 2 is 1.71 bits per heavy atom. The molecule has 0 saturated heterocycles. The molecular weight excluding hydrogens is 246 g/mol. The molecule has 2 aromatic rings. The van der Waals surface area contributed by atoms with Crippen LogP contribution in [0.5, 0.6) is 0 Å². The first-order chi connectivity index (χ1) is 7.77. The fraction of sp³-hybridized carbons (Fsp3) is 0.0833. The van der Waals surface area contributed by atoms with E-state index >= 15 is 0 Å². The Balaban J connectivity index is 0.00000144. The van der Waals surface area contributed by atoms with Crippen LogP contribution >= 0.6 is 12.4 Å². The van der Waals surface area contributed by atoms with Crippen molar-refractivity contribution in [2.24, 2.45) is 0 Å². The summed E-state index contributed by atoms with van der Waals surface area (Å²) in [4.78, 5) is 4.00. The van der Waals surface area contributed by atoms with Crippen LogP contribution in [-0.2, 0) is 6.54 Å². The topological polar surface area (TPSA) is 24.9 Å². The zero-order valence-corrected chi connectivity index (χ0v) is 9.68. The third-order valence-electron chi connectivity index (χ3n) is 2.17. The second-order valence-corrected chi connectivity index (χ2v) is 3.27. The van der Waals surface area contributed by atoms with Crippen molar-refractivity contribution in [3.05, 3.63) is 59.8 Å². The summed E-state index contributed by atoms with van der Waals surface area (Å²) in [6.45, 7) is 0.0789. The van der Waals surface area contributed by atoms with Gasteiger partial charge in [-0.3, -0.25) is 0 Å². The SMILES string of the molecule is Cl.Fc1cccc(F)c1CNc1ccccn1. The lowest BCUT2D eigenvalue weighted by molar-refractivity contribution is 0.560. The van der Waals surface area contributed by atoms with Gasteiger partial charge in [0.2, 0.25) is 0 Å². The molecule has 0 bridgehead atoms. The van der Waals surface area contributed by atoms with Crippen molar-refractivity contribution in [3.63, 3.8) is 0 Å². The molecule has 0 aliphatic heterocycles. The molecule has 0 saturated carbocycles. The van der Waals surface area contributed by atoms with Crippen molar-refractivity contribution in [2.45, 2.75) is 6.54 Å². The molecule has 17 heavy (non-hydrogen) atoms. The molecule has 0 spiro atoms. The Kier molecular flexibility index (Phi) is 4.84. The van der Waals surface area contributed by atoms with Crippen molar-refractivity contribution < 1.29 is 8.78 Å². The highest BCUT2D eigenvalue weighted by Gasteiger charge is 2.07. The van der Waals surface area contributed by atoms with Crippen molar-refractivity contribution in [3.8, 4) is 0 Å². The average molecular weight is 257 g/mol. The summed E-state index contributed by atoms with van der Waals surface area (Å²) in [6, 6.07) is 9.12. The van der Waals surface area contributed by atoms with E-state index in [1.54, 1.807) is 24.4 Å². The summed E-state index contributed by atoms with van der Waals surface area (Å²) in [6.07, 6.45) is 1.61. The van der Waals surface area contributed by atoms with Crippen molar-refractivity contribution >= 4 is 18.2 Å². The van der Waals surface area contributed by atoms with Gasteiger partial charge in [0.05, 0.1) is 0 Å². The predicted octanol–water partition coefficient (Wildman–Crippen LogP) is 3.39. The highest BCUT2D eigenvalue weighted by molar-refractivity contribution is 5.85. The van der Waals surface area contributed by atoms with Crippen LogP contribution in [-0.4, -0.2) is 4.98 Å². The van der Waals surface area contributed by atoms with Gasteiger partial charge in [-0.2, -0.15) is 0 Å². The van der Waals surface area contributed by atoms with E-state index in [2.05, 4.69) is 10.3 Å². The fourth-order valence-corrected chi connectivity index (χ4v) is 1.35. The summed E-state index contributed by atoms with van der Waals surface area (Å²) in [5, 5.41) is 2.85. The Bertz CT molecular complexity index is 457. The van der Waals surface area contributed by atoms with E-state index in [0.717, 1.165) is 0 Å². The lowest BCUT2D eigenvalue weighted by Gasteiger charge is -2.07. The fourth-order valence-electron chi connectivity index (χ4n) is 1.35. The molecule has 0 aliphatic rings. The molecule has 2 rings (SSSR count). The number of hydrogen-bond donors (Lipinski definition) is 1. The molecule has 2 nitrogen and oxygen atoms in total. The highest BCUT2D eigenvalue weighted by atomic mass is 35.5. The molecule has 90 valence electrons. The van der Waals surface area contributed by atoms with E-state index in [0.29, 0.717) is 5.82 Å². The van der Waals surface area contributed by atoms with Gasteiger partial charge in [-0.1, -0.05) is 12.1 Å². The van der Waals surface area contributed by atoms with Crippen LogP contribution in [0.4, 0.5) is 14.6 Å². The number of anilines is 1. The zero-order chi connectivity index (χ0) is 11.4. The maximum absolute atomic E-state index is 13.3. The maximum atomic E-state index is 13.3. The summed E-state index contributed by atoms with van der Waals surface area (Å²) < 4.78 is 26.5. The van der Waals surface area contributed by atoms with E-state index < -0.39 is 11.6 Å². The van der Waals surface area contributed by atoms with Gasteiger partial charge in [0.15, 0.2) is 0 Å². The number of benzene rings is 1. The minimum atomic E-state index is -0.552. The lowest BCUT2D eigenvalue weighted by atomic mass is 10.2. The van der Waals surface area contributed by atoms with Crippen LogP contribution in [0.15, 0.2) is 42.6 Å². The third-order valence-corrected chi connectivity index (χ3v) is 2.17. The molecule has 1 N–H and O–H groups in total. The van der Waals surface area contributed by atoms with Crippen molar-refractivity contribution in [1.82, 2.24) is 4.98 Å². The van der Waals surface area contributed by atoms with Crippen molar-refractivity contribution in [1.29, 1.82) is 0 Å². The molecule has 0 aliphatic carbocycles. The maximum Gasteiger partial charge on any atom is 0.131 e. The van der Waals surface area contributed by atoms with Crippen molar-refractivity contribution in [2.75, 3.05) is 5.32 Å². The van der Waals surface area contributed by atoms with E-state index in [-0.39, 0.29) is 24.5 Å². The smallest absolute Gasteiger partial charge is 0.131 e. The minimum absolute atomic E-state index is 0. The van der Waals surface area contributed by atoms with E-state index in [4.69, 9.17) is 0 Å². The van der Waals surface area contributed by atoms with Crippen LogP contribution in [0.1, 0.15) is 5.56 Å². The van der Waals surface area contributed by atoms with Crippen LogP contribution in [0.25, 0.3) is 0 Å². The quantitative estimate of drug-likeness (QED) is 0.911. The Hall–Kier alpha value is -1.68. The standard InChI is InChI=1S/C12H10F2N2.ClH/c13-10-4-3-5-11(14)9(10)8-16-12-6-1-2-7-15-12;/h1-7H,8H2,(H,15,16);1H. The molecule has 0 unspecified atom stereocenters. The second kappa shape index (κ2) is 6.15. The third kappa shape index (κ3) is 3.39. The number of rotatable bonds is 3. The monoisotopic (exact) mass is 256 g/mol. The van der Waals surface area contributed by atoms with Crippen LogP contribution in [0.2, 0.25) is 0 Å². The molecule has 0 amide bonds. The number of hydrogen-bond acceptors (Lipinski definition) is 2. The summed E-state index contributed by atoms with van der Waals surface area (Å²) in [7, 11) is 0. The molecule has 5 heteroatoms. The molecule has 0 atom stereocenters. The number of aromatic nitrogens is 1. The first-order valence-corrected chi connectivity index (χ1v) is 4.85. The summed E-state index contributed by atoms with van der Waals surface area (Å²) >= 11 is 0. The number of halogens is 3. The normalized spacial score (nSPS) is 9.53. The zero-order valence-electron chi connectivity index (χ0n) is 8.86. The Morgan fingerprint density at radius 1 is 1.00 bits per heavy atom. The minimum Gasteiger partial charge on any atom is -0.366 e. The summed E-state index contributed by atoms with van der Waals surface area (Å²) in [5.74, 6) is -0.517. The molecule has 1 aromatic carbocycles. The first kappa shape index (κ1) is 13.4. The molecule has 0 fully saturated rings. The van der Waals surface area contributed by atoms with Gasteiger partial charge in [-0.25, -0.2) is 13.8 Å². The van der Waals surface area contributed by atoms with Crippen LogP contribution in [0.3, 0.4) is 0 Å². The Labute approximate surface area is 104 Å². The average Bonchev–Trinajstić information content (AvgIpc) is 2.30. The lowest BCUT2D eigenvalue weighted by Crippen LogP contribution is -2.05. The Morgan fingerprint density at radius 3 is 2.29 bits per heavy atom. The molecule has 1 aromatic heterocycles. The second-order valence-electron chi connectivity index (χ2n) is 3.27. The first-order valence-electron chi connectivity index (χ1n) is 4.85. The van der Waals surface area contributed by atoms with Gasteiger partial charge in [0.1, 0.15) is 17.5 Å². The number of nitrogens with one attached hydrogen (secondary N) is 1. The highest BCUT2D eigenvalue weighted by Crippen LogP contribution is 2.13. The van der Waals surface area contributed by atoms with E-state index in [1.165, 1.54) is 18.2 Å². The predicted molar refractivity (Wildman–Crippen MR) is 65.2 cm³/mol. The molecular formula is C12H11ClF2N2. The van der Waals surface area contributed by atoms with Crippen LogP contribution < -0.4 is 5.32 Å². The van der Waals surface area contributed by atoms with Gasteiger partial charge < -0.3 is 5.32 Å². The van der Waals surface area contributed by atoms with Gasteiger partial charge in [0, 0.05) is 18.3 Å². The number of pyridine rings is 1. The molecule has 0 radical (unpaired) electrons. The largest absolute Gasteiger partial charge is 0.366 e. The molecule has 1 heterocycles. The van der Waals surface area contributed by atoms with Gasteiger partial charge in [-0.15, -0.1) is 12.4 Å². The van der Waals surface area contributed by atoms with E-state index in [1.807, 2.05) is 0 Å². The van der Waals surface area contributed by atoms with E-state index in [9.17, 15) is 8.78 Å². The summed E-state index contributed by atoms with van der Waals surface area (Å²) in [5.41, 5.74) is 0.0214. The van der Waals surface area contributed by atoms with Gasteiger partial charge in [0.25, 0.3) is 0 Å². The number of nitrogens with zero attached hydrogens (tertiary/aromatic N) is 1. The van der Waals surface area contributed by atoms with Crippen LogP contribution in [0, 0.1) is 11.6 Å². The van der Waals surface area contributed by atoms with Gasteiger partial charge >= 0.3 is 0 Å².